The molecular weight excluding hydrogens is 1230 g/mol. The van der Waals surface area contributed by atoms with Crippen LogP contribution in [0.4, 0.5) is 0 Å². The molecule has 0 fully saturated rings. The van der Waals surface area contributed by atoms with Gasteiger partial charge in [0.1, 0.15) is 19.3 Å². The molecule has 5 atom stereocenters. The standard InChI is InChI=1S/C75H124O17P2/c1-5-9-13-17-21-25-29-31-33-34-36-38-42-44-48-52-56-60-73(78)86-66-71(92-75(80)62-58-54-50-46-40-28-24-20-16-12-8-4)68-90-94(83,84)88-64-69(76)63-87-93(81,82)89-67-70(91-74(79)61-57-53-49-45-39-27-23-19-15-11-7-3)65-85-72(77)59-55-51-47-43-41-37-35-32-30-26-22-18-14-10-6-2/h9-10,13-14,19-26,31-33,35-36,38,41,43,51,55,69-71,76H,5-8,11-12,15-18,27-30,34,37,39-40,42,44-50,52-54,56-68H2,1-4H3,(H,81,82)(H,83,84)/b13-9-,14-10-,23-19-,24-20-,25-21-,26-22-,33-31-,35-32-,38-36-,43-41-,55-51-. The number of unbranched alkanes of at least 4 members (excludes halogenated alkanes) is 18. The van der Waals surface area contributed by atoms with Gasteiger partial charge in [0.25, 0.3) is 0 Å². The third kappa shape index (κ3) is 65.8. The van der Waals surface area contributed by atoms with Gasteiger partial charge in [-0.15, -0.1) is 0 Å². The Morgan fingerprint density at radius 1 is 0.319 bits per heavy atom. The minimum Gasteiger partial charge on any atom is -0.462 e. The van der Waals surface area contributed by atoms with Gasteiger partial charge in [-0.3, -0.25) is 37.3 Å². The van der Waals surface area contributed by atoms with E-state index in [0.717, 1.165) is 154 Å². The van der Waals surface area contributed by atoms with Gasteiger partial charge in [-0.05, 0) is 128 Å². The fraction of sp³-hybridized carbons (Fsp3) is 0.653. The molecule has 94 heavy (non-hydrogen) atoms. The second-order valence-corrected chi connectivity index (χ2v) is 26.0. The normalized spacial score (nSPS) is 14.8. The summed E-state index contributed by atoms with van der Waals surface area (Å²) in [6, 6.07) is 0. The van der Waals surface area contributed by atoms with Gasteiger partial charge in [-0.1, -0.05) is 238 Å². The number of phosphoric ester groups is 2. The third-order valence-corrected chi connectivity index (χ3v) is 16.0. The lowest BCUT2D eigenvalue weighted by molar-refractivity contribution is -0.161. The Balaban J connectivity index is 5.40. The van der Waals surface area contributed by atoms with Crippen molar-refractivity contribution in [2.24, 2.45) is 0 Å². The fourth-order valence-corrected chi connectivity index (χ4v) is 10.3. The molecule has 536 valence electrons. The maximum atomic E-state index is 13.0. The van der Waals surface area contributed by atoms with E-state index in [1.165, 1.54) is 25.7 Å². The summed E-state index contributed by atoms with van der Waals surface area (Å²) in [5.41, 5.74) is 0. The first-order valence-corrected chi connectivity index (χ1v) is 38.4. The average molecular weight is 1360 g/mol. The Hall–Kier alpha value is -4.80. The first-order valence-electron chi connectivity index (χ1n) is 35.4. The topological polar surface area (TPSA) is 237 Å². The molecule has 0 radical (unpaired) electrons. The van der Waals surface area contributed by atoms with E-state index in [9.17, 15) is 43.2 Å². The molecule has 0 rings (SSSR count). The van der Waals surface area contributed by atoms with Crippen LogP contribution in [0.2, 0.25) is 0 Å². The largest absolute Gasteiger partial charge is 0.472 e. The minimum absolute atomic E-state index is 0.0614. The molecule has 0 aromatic heterocycles. The Bertz CT molecular complexity index is 2310. The van der Waals surface area contributed by atoms with Gasteiger partial charge in [0, 0.05) is 19.3 Å². The van der Waals surface area contributed by atoms with E-state index in [4.69, 9.17) is 37.0 Å². The molecule has 0 heterocycles. The quantitative estimate of drug-likeness (QED) is 0.0169. The van der Waals surface area contributed by atoms with Crippen LogP contribution in [-0.2, 0) is 65.4 Å². The smallest absolute Gasteiger partial charge is 0.462 e. The molecule has 0 saturated carbocycles. The fourth-order valence-electron chi connectivity index (χ4n) is 8.71. The zero-order chi connectivity index (χ0) is 69.0. The predicted octanol–water partition coefficient (Wildman–Crippen LogP) is 19.8. The number of aliphatic hydroxyl groups excluding tert-OH is 1. The van der Waals surface area contributed by atoms with Gasteiger partial charge in [0.2, 0.25) is 0 Å². The highest BCUT2D eigenvalue weighted by Crippen LogP contribution is 2.45. The van der Waals surface area contributed by atoms with Gasteiger partial charge in [0.05, 0.1) is 32.8 Å². The van der Waals surface area contributed by atoms with Crippen molar-refractivity contribution in [3.8, 4) is 0 Å². The zero-order valence-electron chi connectivity index (χ0n) is 58.1. The maximum absolute atomic E-state index is 13.0. The summed E-state index contributed by atoms with van der Waals surface area (Å²) in [4.78, 5) is 72.5. The number of ether oxygens (including phenoxy) is 4. The van der Waals surface area contributed by atoms with Crippen molar-refractivity contribution in [3.63, 3.8) is 0 Å². The number of carbonyl (C=O) groups is 4. The zero-order valence-corrected chi connectivity index (χ0v) is 59.9. The predicted molar refractivity (Wildman–Crippen MR) is 381 cm³/mol. The van der Waals surface area contributed by atoms with Crippen molar-refractivity contribution in [1.82, 2.24) is 0 Å². The first-order chi connectivity index (χ1) is 45.7. The van der Waals surface area contributed by atoms with Crippen LogP contribution in [0.15, 0.2) is 134 Å². The molecule has 0 aromatic carbocycles. The van der Waals surface area contributed by atoms with E-state index < -0.39 is 97.5 Å². The SMILES string of the molecule is CC/C=C\C/C=C\C/C=C\C/C=C\C/C=C\CC(=O)OCC(COP(=O)(O)OCC(O)COP(=O)(O)OCC(COC(=O)CCCCCC/C=C\C/C=C\C/C=C\C/C=C\CC)OC(=O)CCCCCCC/C=C\CCCC)OC(=O)CCCCCCC/C=C\CCCC. The summed E-state index contributed by atoms with van der Waals surface area (Å²) in [6.07, 6.45) is 72.2. The van der Waals surface area contributed by atoms with E-state index in [0.29, 0.717) is 25.7 Å². The number of aliphatic hydroxyl groups is 1. The van der Waals surface area contributed by atoms with Crippen molar-refractivity contribution < 1.29 is 80.2 Å². The van der Waals surface area contributed by atoms with Crippen LogP contribution < -0.4 is 0 Å². The second kappa shape index (κ2) is 66.8. The highest BCUT2D eigenvalue weighted by atomic mass is 31.2. The Labute approximate surface area is 567 Å². The second-order valence-electron chi connectivity index (χ2n) is 23.1. The molecule has 17 nitrogen and oxygen atoms in total. The molecule has 0 aliphatic rings. The number of hydrogen-bond acceptors (Lipinski definition) is 15. The first kappa shape index (κ1) is 89.2. The Morgan fingerprint density at radius 2 is 0.596 bits per heavy atom. The minimum atomic E-state index is -4.99. The number of rotatable bonds is 65. The number of hydrogen-bond donors (Lipinski definition) is 3. The summed E-state index contributed by atoms with van der Waals surface area (Å²) in [7, 11) is -9.98. The molecule has 0 aromatic rings. The van der Waals surface area contributed by atoms with Crippen LogP contribution in [0.3, 0.4) is 0 Å². The summed E-state index contributed by atoms with van der Waals surface area (Å²) < 4.78 is 68.0. The maximum Gasteiger partial charge on any atom is 0.472 e. The van der Waals surface area contributed by atoms with Crippen molar-refractivity contribution >= 4 is 39.5 Å². The number of allylic oxidation sites excluding steroid dienone is 21. The Morgan fingerprint density at radius 3 is 0.957 bits per heavy atom. The highest BCUT2D eigenvalue weighted by Gasteiger charge is 2.30. The van der Waals surface area contributed by atoms with Gasteiger partial charge >= 0.3 is 39.5 Å². The van der Waals surface area contributed by atoms with Crippen molar-refractivity contribution in [3.05, 3.63) is 134 Å². The summed E-state index contributed by atoms with van der Waals surface area (Å²) in [5, 5.41) is 10.6. The van der Waals surface area contributed by atoms with Crippen LogP contribution in [-0.4, -0.2) is 96.7 Å². The molecular formula is C75H124O17P2. The van der Waals surface area contributed by atoms with Crippen LogP contribution in [0.25, 0.3) is 0 Å². The van der Waals surface area contributed by atoms with Crippen LogP contribution in [0.5, 0.6) is 0 Å². The van der Waals surface area contributed by atoms with E-state index in [-0.39, 0.29) is 25.7 Å². The summed E-state index contributed by atoms with van der Waals surface area (Å²) in [5.74, 6) is -2.38. The number of phosphoric acid groups is 2. The Kier molecular flexibility index (Phi) is 63.4. The van der Waals surface area contributed by atoms with Crippen molar-refractivity contribution in [2.45, 2.75) is 277 Å². The van der Waals surface area contributed by atoms with Crippen LogP contribution >= 0.6 is 15.6 Å². The van der Waals surface area contributed by atoms with Gasteiger partial charge < -0.3 is 33.8 Å². The summed E-state index contributed by atoms with van der Waals surface area (Å²) >= 11 is 0. The van der Waals surface area contributed by atoms with Crippen LogP contribution in [0.1, 0.15) is 259 Å². The van der Waals surface area contributed by atoms with E-state index >= 15 is 0 Å². The molecule has 0 bridgehead atoms. The van der Waals surface area contributed by atoms with E-state index in [1.807, 2.05) is 18.2 Å². The molecule has 0 spiro atoms. The van der Waals surface area contributed by atoms with Crippen molar-refractivity contribution in [1.29, 1.82) is 0 Å². The van der Waals surface area contributed by atoms with Crippen molar-refractivity contribution in [2.75, 3.05) is 39.6 Å². The molecule has 0 saturated heterocycles. The molecule has 3 N–H and O–H groups in total. The lowest BCUT2D eigenvalue weighted by Gasteiger charge is -2.21. The van der Waals surface area contributed by atoms with Gasteiger partial charge in [-0.2, -0.15) is 0 Å². The number of carbonyl (C=O) groups excluding carboxylic acids is 4. The van der Waals surface area contributed by atoms with E-state index in [1.54, 1.807) is 6.08 Å². The molecule has 5 unspecified atom stereocenters. The van der Waals surface area contributed by atoms with E-state index in [2.05, 4.69) is 137 Å². The monoisotopic (exact) mass is 1360 g/mol. The van der Waals surface area contributed by atoms with Crippen LogP contribution in [0, 0.1) is 0 Å². The average Bonchev–Trinajstić information content (AvgIpc) is 1.24. The number of esters is 4. The molecule has 0 aliphatic carbocycles. The lowest BCUT2D eigenvalue weighted by atomic mass is 10.1. The molecule has 0 aliphatic heterocycles. The van der Waals surface area contributed by atoms with Gasteiger partial charge in [0.15, 0.2) is 12.2 Å². The lowest BCUT2D eigenvalue weighted by Crippen LogP contribution is -2.30. The molecule has 0 amide bonds. The summed E-state index contributed by atoms with van der Waals surface area (Å²) in [6.45, 7) is 4.36. The third-order valence-electron chi connectivity index (χ3n) is 14.1. The highest BCUT2D eigenvalue weighted by molar-refractivity contribution is 7.47. The van der Waals surface area contributed by atoms with Gasteiger partial charge in [-0.25, -0.2) is 9.13 Å². The molecule has 19 heteroatoms.